The number of nitro groups is 2. The third-order valence-corrected chi connectivity index (χ3v) is 5.32. The highest BCUT2D eigenvalue weighted by molar-refractivity contribution is 7.87. The number of benzene rings is 2. The van der Waals surface area contributed by atoms with Crippen LogP contribution in [-0.2, 0) is 30.3 Å². The zero-order valence-corrected chi connectivity index (χ0v) is 16.6. The standard InChI is InChI=1S/C18H18N2O9S/c1-2-28-18(21)16(10-8-13-6-4-3-5-7-13)29-30(26,27)17-11-9-14(19(22)23)12-15(17)20(24)25/h3-7,9,11-12,16H,2,8,10H2,1H3/t16-/m1/s1. The molecule has 0 aliphatic heterocycles. The van der Waals surface area contributed by atoms with E-state index in [0.717, 1.165) is 11.6 Å². The SMILES string of the molecule is CCOC(=O)[C@@H](CCc1ccccc1)OS(=O)(=O)c1ccc([N+](=O)[O-])cc1[N+](=O)[O-]. The molecule has 0 unspecified atom stereocenters. The second kappa shape index (κ2) is 9.89. The van der Waals surface area contributed by atoms with Gasteiger partial charge in [-0.25, -0.2) is 4.79 Å². The molecule has 0 saturated heterocycles. The van der Waals surface area contributed by atoms with Crippen LogP contribution < -0.4 is 0 Å². The lowest BCUT2D eigenvalue weighted by molar-refractivity contribution is -0.396. The van der Waals surface area contributed by atoms with Crippen molar-refractivity contribution in [3.05, 3.63) is 74.3 Å². The molecule has 12 heteroatoms. The molecule has 0 N–H and O–H groups in total. The minimum Gasteiger partial charge on any atom is -0.464 e. The van der Waals surface area contributed by atoms with Gasteiger partial charge in [0.25, 0.3) is 11.4 Å². The van der Waals surface area contributed by atoms with E-state index in [1.54, 1.807) is 30.3 Å². The van der Waals surface area contributed by atoms with Crippen LogP contribution >= 0.6 is 0 Å². The van der Waals surface area contributed by atoms with Crippen molar-refractivity contribution < 1.29 is 32.0 Å². The monoisotopic (exact) mass is 438 g/mol. The minimum absolute atomic E-state index is 0.0260. The Kier molecular flexibility index (Phi) is 7.55. The van der Waals surface area contributed by atoms with Crippen LogP contribution in [0.25, 0.3) is 0 Å². The minimum atomic E-state index is -4.81. The molecule has 0 saturated carbocycles. The van der Waals surface area contributed by atoms with E-state index in [9.17, 15) is 33.4 Å². The molecule has 30 heavy (non-hydrogen) atoms. The normalized spacial score (nSPS) is 12.2. The van der Waals surface area contributed by atoms with Crippen LogP contribution in [0.2, 0.25) is 0 Å². The average molecular weight is 438 g/mol. The third-order valence-electron chi connectivity index (χ3n) is 3.95. The maximum Gasteiger partial charge on any atom is 0.336 e. The Bertz CT molecular complexity index is 1040. The molecule has 11 nitrogen and oxygen atoms in total. The molecule has 0 fully saturated rings. The fourth-order valence-electron chi connectivity index (χ4n) is 2.56. The van der Waals surface area contributed by atoms with Gasteiger partial charge in [-0.2, -0.15) is 8.42 Å². The molecule has 0 radical (unpaired) electrons. The van der Waals surface area contributed by atoms with Crippen molar-refractivity contribution in [1.29, 1.82) is 0 Å². The lowest BCUT2D eigenvalue weighted by Gasteiger charge is -2.16. The predicted octanol–water partition coefficient (Wildman–Crippen LogP) is 2.77. The van der Waals surface area contributed by atoms with Gasteiger partial charge in [-0.15, -0.1) is 0 Å². The summed E-state index contributed by atoms with van der Waals surface area (Å²) in [6.45, 7) is 1.50. The third kappa shape index (κ3) is 5.81. The molecule has 0 spiro atoms. The number of non-ortho nitro benzene ring substituents is 1. The van der Waals surface area contributed by atoms with E-state index in [4.69, 9.17) is 8.92 Å². The van der Waals surface area contributed by atoms with Gasteiger partial charge in [-0.1, -0.05) is 30.3 Å². The molecular weight excluding hydrogens is 420 g/mol. The zero-order valence-electron chi connectivity index (χ0n) is 15.8. The maximum absolute atomic E-state index is 12.7. The van der Waals surface area contributed by atoms with E-state index >= 15 is 0 Å². The molecule has 2 aromatic carbocycles. The van der Waals surface area contributed by atoms with Gasteiger partial charge in [0, 0.05) is 6.07 Å². The summed E-state index contributed by atoms with van der Waals surface area (Å²) < 4.78 is 35.2. The quantitative estimate of drug-likeness (QED) is 0.235. The number of carbonyl (C=O) groups excluding carboxylic acids is 1. The van der Waals surface area contributed by atoms with E-state index in [2.05, 4.69) is 0 Å². The summed E-state index contributed by atoms with van der Waals surface area (Å²) in [4.78, 5) is 31.4. The van der Waals surface area contributed by atoms with Crippen molar-refractivity contribution in [3.8, 4) is 0 Å². The lowest BCUT2D eigenvalue weighted by Crippen LogP contribution is -2.30. The van der Waals surface area contributed by atoms with Crippen LogP contribution in [0.4, 0.5) is 11.4 Å². The molecule has 0 aliphatic rings. The smallest absolute Gasteiger partial charge is 0.336 e. The van der Waals surface area contributed by atoms with E-state index in [1.165, 1.54) is 6.92 Å². The molecule has 0 aliphatic carbocycles. The highest BCUT2D eigenvalue weighted by Gasteiger charge is 2.34. The van der Waals surface area contributed by atoms with Gasteiger partial charge >= 0.3 is 16.1 Å². The number of ether oxygens (including phenoxy) is 1. The largest absolute Gasteiger partial charge is 0.464 e. The highest BCUT2D eigenvalue weighted by Crippen LogP contribution is 2.30. The summed E-state index contributed by atoms with van der Waals surface area (Å²) >= 11 is 0. The number of hydrogen-bond donors (Lipinski definition) is 0. The first-order chi connectivity index (χ1) is 14.2. The van der Waals surface area contributed by atoms with E-state index in [0.29, 0.717) is 12.1 Å². The Hall–Kier alpha value is -3.38. The number of carbonyl (C=O) groups is 1. The van der Waals surface area contributed by atoms with Crippen molar-refractivity contribution in [2.75, 3.05) is 6.61 Å². The van der Waals surface area contributed by atoms with Crippen LogP contribution in [-0.4, -0.2) is 36.9 Å². The summed E-state index contributed by atoms with van der Waals surface area (Å²) in [7, 11) is -4.81. The number of rotatable bonds is 10. The average Bonchev–Trinajstić information content (AvgIpc) is 2.71. The molecule has 0 amide bonds. The first-order valence-electron chi connectivity index (χ1n) is 8.72. The zero-order chi connectivity index (χ0) is 22.3. The molecule has 1 atom stereocenters. The summed E-state index contributed by atoms with van der Waals surface area (Å²) in [5, 5.41) is 22.1. The Labute approximate surface area is 171 Å². The molecule has 0 bridgehead atoms. The summed E-state index contributed by atoms with van der Waals surface area (Å²) in [5.74, 6) is -0.943. The second-order valence-corrected chi connectivity index (χ2v) is 7.52. The first kappa shape index (κ1) is 22.9. The topological polar surface area (TPSA) is 156 Å². The van der Waals surface area contributed by atoms with Gasteiger partial charge in [0.05, 0.1) is 22.5 Å². The van der Waals surface area contributed by atoms with Gasteiger partial charge in [-0.3, -0.25) is 24.4 Å². The van der Waals surface area contributed by atoms with Gasteiger partial charge in [0.15, 0.2) is 11.0 Å². The number of nitro benzene ring substituents is 2. The van der Waals surface area contributed by atoms with Crippen molar-refractivity contribution in [3.63, 3.8) is 0 Å². The number of esters is 1. The number of nitrogens with zero attached hydrogens (tertiary/aromatic N) is 2. The van der Waals surface area contributed by atoms with Gasteiger partial charge in [0.1, 0.15) is 0 Å². The first-order valence-corrected chi connectivity index (χ1v) is 10.1. The number of aryl methyl sites for hydroxylation is 1. The van der Waals surface area contributed by atoms with Crippen LogP contribution in [0.3, 0.4) is 0 Å². The summed E-state index contributed by atoms with van der Waals surface area (Å²) in [6.07, 6.45) is -1.34. The molecule has 2 rings (SSSR count). The van der Waals surface area contributed by atoms with Crippen molar-refractivity contribution in [2.45, 2.75) is 30.8 Å². The second-order valence-electron chi connectivity index (χ2n) is 5.98. The van der Waals surface area contributed by atoms with E-state index < -0.39 is 48.3 Å². The molecule has 0 heterocycles. The Morgan fingerprint density at radius 3 is 2.30 bits per heavy atom. The number of hydrogen-bond acceptors (Lipinski definition) is 9. The van der Waals surface area contributed by atoms with Gasteiger partial charge in [-0.05, 0) is 31.4 Å². The van der Waals surface area contributed by atoms with Crippen LogP contribution in [0.5, 0.6) is 0 Å². The van der Waals surface area contributed by atoms with Crippen molar-refractivity contribution in [2.24, 2.45) is 0 Å². The van der Waals surface area contributed by atoms with Crippen LogP contribution in [0.15, 0.2) is 53.4 Å². The maximum atomic E-state index is 12.7. The van der Waals surface area contributed by atoms with Crippen molar-refractivity contribution >= 4 is 27.5 Å². The fourth-order valence-corrected chi connectivity index (χ4v) is 3.77. The lowest BCUT2D eigenvalue weighted by atomic mass is 10.1. The Morgan fingerprint density at radius 2 is 1.73 bits per heavy atom. The summed E-state index contributed by atoms with van der Waals surface area (Å²) in [6, 6.07) is 10.9. The predicted molar refractivity (Wildman–Crippen MR) is 103 cm³/mol. The van der Waals surface area contributed by atoms with Crippen molar-refractivity contribution in [1.82, 2.24) is 0 Å². The summed E-state index contributed by atoms with van der Waals surface area (Å²) in [5.41, 5.74) is -0.879. The van der Waals surface area contributed by atoms with Crippen LogP contribution in [0, 0.1) is 20.2 Å². The van der Waals surface area contributed by atoms with E-state index in [-0.39, 0.29) is 19.4 Å². The Balaban J connectivity index is 2.34. The molecule has 160 valence electrons. The molecule has 0 aromatic heterocycles. The van der Waals surface area contributed by atoms with Gasteiger partial charge in [0.2, 0.25) is 0 Å². The van der Waals surface area contributed by atoms with Crippen LogP contribution in [0.1, 0.15) is 18.9 Å². The Morgan fingerprint density at radius 1 is 1.07 bits per heavy atom. The fraction of sp³-hybridized carbons (Fsp3) is 0.278. The van der Waals surface area contributed by atoms with Gasteiger partial charge < -0.3 is 4.74 Å². The highest BCUT2D eigenvalue weighted by atomic mass is 32.2. The molecule has 2 aromatic rings. The van der Waals surface area contributed by atoms with E-state index in [1.807, 2.05) is 0 Å². The molecular formula is C18H18N2O9S.